The molecule has 1 aromatic carbocycles. The van der Waals surface area contributed by atoms with Crippen LogP contribution in [0.25, 0.3) is 0 Å². The van der Waals surface area contributed by atoms with Crippen LogP contribution in [0.4, 0.5) is 18.9 Å². The minimum absolute atomic E-state index is 0.0836. The van der Waals surface area contributed by atoms with E-state index in [1.54, 1.807) is 23.1 Å². The molecule has 1 N–H and O–H groups in total. The Balaban J connectivity index is 1.54. The van der Waals surface area contributed by atoms with Crippen molar-refractivity contribution in [2.75, 3.05) is 18.4 Å². The van der Waals surface area contributed by atoms with Gasteiger partial charge in [0, 0.05) is 38.2 Å². The predicted octanol–water partition coefficient (Wildman–Crippen LogP) is 3.82. The first-order chi connectivity index (χ1) is 14.3. The van der Waals surface area contributed by atoms with Crippen LogP contribution >= 0.6 is 0 Å². The van der Waals surface area contributed by atoms with E-state index in [0.717, 1.165) is 0 Å². The van der Waals surface area contributed by atoms with E-state index >= 15 is 0 Å². The fraction of sp³-hybridized carbons (Fsp3) is 0.476. The topological polar surface area (TPSA) is 67.2 Å². The molecule has 162 valence electrons. The van der Waals surface area contributed by atoms with Crippen molar-refractivity contribution < 1.29 is 22.8 Å². The average Bonchev–Trinajstić information content (AvgIpc) is 3.19. The zero-order valence-electron chi connectivity index (χ0n) is 16.7. The summed E-state index contributed by atoms with van der Waals surface area (Å²) in [6.45, 7) is 3.17. The molecule has 2 heterocycles. The lowest BCUT2D eigenvalue weighted by molar-refractivity contribution is -0.161. The van der Waals surface area contributed by atoms with Crippen molar-refractivity contribution in [1.29, 1.82) is 0 Å². The second-order valence-corrected chi connectivity index (χ2v) is 7.44. The van der Waals surface area contributed by atoms with E-state index in [4.69, 9.17) is 0 Å². The van der Waals surface area contributed by atoms with E-state index in [1.165, 1.54) is 29.2 Å². The van der Waals surface area contributed by atoms with Crippen molar-refractivity contribution in [1.82, 2.24) is 14.7 Å². The van der Waals surface area contributed by atoms with E-state index in [-0.39, 0.29) is 30.5 Å². The molecule has 0 radical (unpaired) electrons. The second kappa shape index (κ2) is 9.32. The Labute approximate surface area is 173 Å². The Kier molecular flexibility index (Phi) is 6.79. The number of halogens is 3. The summed E-state index contributed by atoms with van der Waals surface area (Å²) in [6, 6.07) is 7.49. The molecule has 1 aromatic heterocycles. The maximum Gasteiger partial charge on any atom is 0.396 e. The van der Waals surface area contributed by atoms with Gasteiger partial charge in [0.25, 0.3) is 0 Å². The number of hydrogen-bond donors (Lipinski definition) is 1. The van der Waals surface area contributed by atoms with Crippen LogP contribution < -0.4 is 5.32 Å². The van der Waals surface area contributed by atoms with Crippen LogP contribution in [0.1, 0.15) is 37.7 Å². The zero-order valence-corrected chi connectivity index (χ0v) is 16.7. The van der Waals surface area contributed by atoms with Crippen molar-refractivity contribution in [2.45, 2.75) is 44.8 Å². The Bertz CT molecular complexity index is 859. The first-order valence-electron chi connectivity index (χ1n) is 10.0. The number of rotatable bonds is 6. The second-order valence-electron chi connectivity index (χ2n) is 7.44. The third kappa shape index (κ3) is 5.40. The van der Waals surface area contributed by atoms with Gasteiger partial charge in [-0.25, -0.2) is 0 Å². The molecule has 1 fully saturated rings. The molecule has 1 aliphatic heterocycles. The molecule has 1 aliphatic rings. The standard InChI is InChI=1S/C21H25F3N4O2/c1-2-28-14-17(13-25-28)26-20(30)16-8-10-27(11-9-16)19(29)12-18(21(22,23)24)15-6-4-3-5-7-15/h3-7,13-14,16,18H,2,8-12H2,1H3,(H,26,30). The van der Waals surface area contributed by atoms with Gasteiger partial charge in [-0.1, -0.05) is 30.3 Å². The highest BCUT2D eigenvalue weighted by atomic mass is 19.4. The highest BCUT2D eigenvalue weighted by molar-refractivity contribution is 5.92. The summed E-state index contributed by atoms with van der Waals surface area (Å²) in [6.07, 6.45) is -0.986. The number of carbonyl (C=O) groups excluding carboxylic acids is 2. The maximum absolute atomic E-state index is 13.5. The number of aromatic nitrogens is 2. The molecule has 6 nitrogen and oxygen atoms in total. The number of likely N-dealkylation sites (tertiary alicyclic amines) is 1. The highest BCUT2D eigenvalue weighted by Crippen LogP contribution is 2.38. The number of nitrogens with one attached hydrogen (secondary N) is 1. The normalized spacial score (nSPS) is 16.3. The molecule has 30 heavy (non-hydrogen) atoms. The van der Waals surface area contributed by atoms with Crippen LogP contribution in [0, 0.1) is 5.92 Å². The van der Waals surface area contributed by atoms with E-state index in [9.17, 15) is 22.8 Å². The van der Waals surface area contributed by atoms with Crippen LogP contribution in [0.2, 0.25) is 0 Å². The Morgan fingerprint density at radius 3 is 2.43 bits per heavy atom. The van der Waals surface area contributed by atoms with Gasteiger partial charge in [0.05, 0.1) is 17.8 Å². The smallest absolute Gasteiger partial charge is 0.343 e. The van der Waals surface area contributed by atoms with Gasteiger partial charge in [0.15, 0.2) is 0 Å². The number of aryl methyl sites for hydroxylation is 1. The van der Waals surface area contributed by atoms with Gasteiger partial charge < -0.3 is 10.2 Å². The molecule has 2 aromatic rings. The average molecular weight is 422 g/mol. The Morgan fingerprint density at radius 2 is 1.87 bits per heavy atom. The largest absolute Gasteiger partial charge is 0.396 e. The molecule has 0 spiro atoms. The van der Waals surface area contributed by atoms with E-state index in [0.29, 0.717) is 25.1 Å². The molecule has 1 unspecified atom stereocenters. The van der Waals surface area contributed by atoms with Gasteiger partial charge in [-0.3, -0.25) is 14.3 Å². The summed E-state index contributed by atoms with van der Waals surface area (Å²) in [5.41, 5.74) is 0.691. The first-order valence-corrected chi connectivity index (χ1v) is 10.0. The monoisotopic (exact) mass is 422 g/mol. The molecule has 1 saturated heterocycles. The zero-order chi connectivity index (χ0) is 21.7. The lowest BCUT2D eigenvalue weighted by Gasteiger charge is -2.32. The molecule has 3 rings (SSSR count). The van der Waals surface area contributed by atoms with Crippen LogP contribution in [0.3, 0.4) is 0 Å². The third-order valence-corrected chi connectivity index (χ3v) is 5.42. The molecular weight excluding hydrogens is 397 g/mol. The molecule has 2 amide bonds. The Morgan fingerprint density at radius 1 is 1.20 bits per heavy atom. The highest BCUT2D eigenvalue weighted by Gasteiger charge is 2.42. The maximum atomic E-state index is 13.5. The quantitative estimate of drug-likeness (QED) is 0.770. The summed E-state index contributed by atoms with van der Waals surface area (Å²) >= 11 is 0. The summed E-state index contributed by atoms with van der Waals surface area (Å²) in [4.78, 5) is 26.4. The van der Waals surface area contributed by atoms with E-state index in [1.807, 2.05) is 6.92 Å². The number of alkyl halides is 3. The van der Waals surface area contributed by atoms with Crippen LogP contribution in [-0.2, 0) is 16.1 Å². The molecule has 9 heteroatoms. The van der Waals surface area contributed by atoms with E-state index < -0.39 is 24.4 Å². The fourth-order valence-corrected chi connectivity index (χ4v) is 3.65. The van der Waals surface area contributed by atoms with Crippen LogP contribution in [-0.4, -0.2) is 45.8 Å². The van der Waals surface area contributed by atoms with Crippen molar-refractivity contribution >= 4 is 17.5 Å². The first kappa shape index (κ1) is 21.9. The number of hydrogen-bond acceptors (Lipinski definition) is 3. The molecule has 0 bridgehead atoms. The SMILES string of the molecule is CCn1cc(NC(=O)C2CCN(C(=O)CC(c3ccccc3)C(F)(F)F)CC2)cn1. The van der Waals surface area contributed by atoms with Crippen molar-refractivity contribution in [3.63, 3.8) is 0 Å². The minimum Gasteiger partial charge on any atom is -0.343 e. The minimum atomic E-state index is -4.50. The lowest BCUT2D eigenvalue weighted by atomic mass is 9.92. The van der Waals surface area contributed by atoms with E-state index in [2.05, 4.69) is 10.4 Å². The molecule has 1 atom stereocenters. The number of carbonyl (C=O) groups is 2. The number of anilines is 1. The number of benzene rings is 1. The predicted molar refractivity (Wildman–Crippen MR) is 106 cm³/mol. The van der Waals surface area contributed by atoms with Gasteiger partial charge in [-0.05, 0) is 25.3 Å². The summed E-state index contributed by atoms with van der Waals surface area (Å²) in [7, 11) is 0. The number of nitrogens with zero attached hydrogens (tertiary/aromatic N) is 3. The van der Waals surface area contributed by atoms with Gasteiger partial charge in [-0.2, -0.15) is 18.3 Å². The summed E-state index contributed by atoms with van der Waals surface area (Å²) in [5, 5.41) is 6.91. The van der Waals surface area contributed by atoms with Gasteiger partial charge in [-0.15, -0.1) is 0 Å². The number of piperidine rings is 1. The van der Waals surface area contributed by atoms with Crippen LogP contribution in [0.15, 0.2) is 42.7 Å². The summed E-state index contributed by atoms with van der Waals surface area (Å²) in [5.74, 6) is -2.81. The van der Waals surface area contributed by atoms with Gasteiger partial charge in [0.1, 0.15) is 0 Å². The fourth-order valence-electron chi connectivity index (χ4n) is 3.65. The third-order valence-electron chi connectivity index (χ3n) is 5.42. The van der Waals surface area contributed by atoms with Gasteiger partial charge >= 0.3 is 6.18 Å². The van der Waals surface area contributed by atoms with Crippen molar-refractivity contribution in [3.05, 3.63) is 48.3 Å². The molecule has 0 aliphatic carbocycles. The van der Waals surface area contributed by atoms with Crippen molar-refractivity contribution in [3.8, 4) is 0 Å². The van der Waals surface area contributed by atoms with Crippen molar-refractivity contribution in [2.24, 2.45) is 5.92 Å². The molecule has 0 saturated carbocycles. The van der Waals surface area contributed by atoms with Crippen LogP contribution in [0.5, 0.6) is 0 Å². The number of amides is 2. The van der Waals surface area contributed by atoms with Gasteiger partial charge in [0.2, 0.25) is 11.8 Å². The molecular formula is C21H25F3N4O2. The Hall–Kier alpha value is -2.84. The lowest BCUT2D eigenvalue weighted by Crippen LogP contribution is -2.42. The summed E-state index contributed by atoms with van der Waals surface area (Å²) < 4.78 is 42.2.